The molecule has 0 bridgehead atoms. The number of nitrogen functional groups attached to an aromatic ring is 1. The lowest BCUT2D eigenvalue weighted by molar-refractivity contribution is -0.384. The van der Waals surface area contributed by atoms with Gasteiger partial charge in [-0.25, -0.2) is 0 Å². The molecular weight excluding hydrogens is 216 g/mol. The molecule has 0 aliphatic heterocycles. The van der Waals surface area contributed by atoms with Gasteiger partial charge in [0.15, 0.2) is 0 Å². The molecule has 4 heteroatoms. The van der Waals surface area contributed by atoms with Gasteiger partial charge in [-0.05, 0) is 18.2 Å². The van der Waals surface area contributed by atoms with Crippen LogP contribution in [0, 0.1) is 16.5 Å². The van der Waals surface area contributed by atoms with Gasteiger partial charge in [0.25, 0.3) is 0 Å². The zero-order chi connectivity index (χ0) is 12.3. The van der Waals surface area contributed by atoms with E-state index in [-0.39, 0.29) is 5.69 Å². The molecule has 0 amide bonds. The summed E-state index contributed by atoms with van der Waals surface area (Å²) in [5, 5.41) is 10.6. The first-order valence-electron chi connectivity index (χ1n) is 5.10. The lowest BCUT2D eigenvalue weighted by Crippen LogP contribution is -1.91. The van der Waals surface area contributed by atoms with Gasteiger partial charge in [-0.1, -0.05) is 0 Å². The Labute approximate surface area is 98.8 Å². The number of nitrogens with two attached hydrogens (primary N) is 1. The van der Waals surface area contributed by atoms with Gasteiger partial charge in [-0.2, -0.15) is 0 Å². The van der Waals surface area contributed by atoms with Crippen LogP contribution in [0.3, 0.4) is 0 Å². The quantitative estimate of drug-likeness (QED) is 0.379. The second kappa shape index (κ2) is 4.57. The van der Waals surface area contributed by atoms with E-state index in [0.717, 1.165) is 11.1 Å². The maximum Gasteiger partial charge on any atom is 0.302 e. The van der Waals surface area contributed by atoms with E-state index in [9.17, 15) is 10.1 Å². The van der Waals surface area contributed by atoms with Gasteiger partial charge in [0.1, 0.15) is 0 Å². The zero-order valence-corrected chi connectivity index (χ0v) is 9.04. The van der Waals surface area contributed by atoms with Crippen LogP contribution in [-0.2, 0) is 0 Å². The minimum atomic E-state index is -0.406. The smallest absolute Gasteiger partial charge is 0.302 e. The molecule has 84 valence electrons. The molecule has 0 saturated heterocycles. The molecule has 2 aromatic rings. The molecule has 2 rings (SSSR count). The summed E-state index contributed by atoms with van der Waals surface area (Å²) in [6.45, 7) is 0. The van der Waals surface area contributed by atoms with Crippen LogP contribution in [0.25, 0.3) is 0 Å². The fourth-order valence-electron chi connectivity index (χ4n) is 1.57. The third-order valence-electron chi connectivity index (χ3n) is 2.33. The van der Waals surface area contributed by atoms with Crippen molar-refractivity contribution >= 4 is 11.4 Å². The Morgan fingerprint density at radius 1 is 1.06 bits per heavy atom. The molecule has 0 unspecified atom stereocenters. The number of anilines is 1. The molecule has 0 saturated carbocycles. The molecule has 2 aromatic carbocycles. The van der Waals surface area contributed by atoms with E-state index >= 15 is 0 Å². The summed E-state index contributed by atoms with van der Waals surface area (Å²) in [4.78, 5) is 10.2. The molecule has 0 fully saturated rings. The van der Waals surface area contributed by atoms with Gasteiger partial charge in [0.2, 0.25) is 0 Å². The largest absolute Gasteiger partial charge is 0.392 e. The van der Waals surface area contributed by atoms with Crippen molar-refractivity contribution in [2.45, 2.75) is 0 Å². The topological polar surface area (TPSA) is 69.2 Å². The Balaban J connectivity index is 2.24. The summed E-state index contributed by atoms with van der Waals surface area (Å²) in [6, 6.07) is 13.8. The van der Waals surface area contributed by atoms with Crippen LogP contribution in [-0.4, -0.2) is 4.92 Å². The van der Waals surface area contributed by atoms with Crippen LogP contribution in [0.5, 0.6) is 0 Å². The number of hydrogen-bond donors (Lipinski definition) is 1. The highest BCUT2D eigenvalue weighted by Gasteiger charge is 2.11. The Morgan fingerprint density at radius 2 is 1.71 bits per heavy atom. The lowest BCUT2D eigenvalue weighted by atomic mass is 10.0. The predicted octanol–water partition coefficient (Wildman–Crippen LogP) is 2.78. The molecule has 17 heavy (non-hydrogen) atoms. The molecule has 0 aromatic heterocycles. The first-order chi connectivity index (χ1) is 8.15. The van der Waals surface area contributed by atoms with E-state index in [2.05, 4.69) is 0 Å². The second-order valence-electron chi connectivity index (χ2n) is 3.67. The number of nitrogens with zero attached hydrogens (tertiary/aromatic N) is 1. The number of nitro benzene ring substituents is 1. The summed E-state index contributed by atoms with van der Waals surface area (Å²) < 4.78 is 0. The van der Waals surface area contributed by atoms with Crippen molar-refractivity contribution < 1.29 is 4.92 Å². The van der Waals surface area contributed by atoms with Crippen molar-refractivity contribution in [1.29, 1.82) is 0 Å². The van der Waals surface area contributed by atoms with Gasteiger partial charge >= 0.3 is 5.69 Å². The molecule has 0 radical (unpaired) electrons. The van der Waals surface area contributed by atoms with Crippen molar-refractivity contribution in [2.24, 2.45) is 0 Å². The molecule has 0 aliphatic rings. The molecule has 0 atom stereocenters. The third-order valence-corrected chi connectivity index (χ3v) is 2.33. The third kappa shape index (κ3) is 2.75. The summed E-state index contributed by atoms with van der Waals surface area (Å²) in [5.74, 6) is 0. The van der Waals surface area contributed by atoms with Crippen molar-refractivity contribution in [3.63, 3.8) is 0 Å². The van der Waals surface area contributed by atoms with Gasteiger partial charge in [-0.3, -0.25) is 10.1 Å². The van der Waals surface area contributed by atoms with Crippen LogP contribution in [0.15, 0.2) is 48.5 Å². The first kappa shape index (κ1) is 11.0. The highest BCUT2D eigenvalue weighted by molar-refractivity contribution is 5.48. The average molecular weight is 227 g/mol. The van der Waals surface area contributed by atoms with E-state index in [0.29, 0.717) is 5.69 Å². The van der Waals surface area contributed by atoms with Crippen molar-refractivity contribution in [1.82, 2.24) is 0 Å². The SMILES string of the molecule is Nc1cccc([CH+]c2cccc([N+](=O)[O-])c2)c1. The maximum absolute atomic E-state index is 10.6. The summed E-state index contributed by atoms with van der Waals surface area (Å²) in [7, 11) is 0. The highest BCUT2D eigenvalue weighted by Crippen LogP contribution is 2.18. The number of rotatable bonds is 3. The molecule has 4 nitrogen and oxygen atoms in total. The van der Waals surface area contributed by atoms with Crippen molar-refractivity contribution in [3.8, 4) is 0 Å². The second-order valence-corrected chi connectivity index (χ2v) is 3.67. The normalized spacial score (nSPS) is 9.88. The van der Waals surface area contributed by atoms with Crippen LogP contribution in [0.1, 0.15) is 11.1 Å². The van der Waals surface area contributed by atoms with Crippen LogP contribution < -0.4 is 5.73 Å². The Kier molecular flexibility index (Phi) is 2.96. The Bertz CT molecular complexity index is 553. The van der Waals surface area contributed by atoms with E-state index < -0.39 is 4.92 Å². The minimum Gasteiger partial charge on any atom is -0.392 e. The monoisotopic (exact) mass is 227 g/mol. The number of nitro groups is 1. The summed E-state index contributed by atoms with van der Waals surface area (Å²) in [6.07, 6.45) is 1.85. The summed E-state index contributed by atoms with van der Waals surface area (Å²) in [5.41, 5.74) is 8.12. The van der Waals surface area contributed by atoms with Crippen molar-refractivity contribution in [2.75, 3.05) is 5.73 Å². The fourth-order valence-corrected chi connectivity index (χ4v) is 1.57. The fraction of sp³-hybridized carbons (Fsp3) is 0. The first-order valence-corrected chi connectivity index (χ1v) is 5.10. The van der Waals surface area contributed by atoms with Crippen molar-refractivity contribution in [3.05, 3.63) is 76.2 Å². The van der Waals surface area contributed by atoms with E-state index in [1.165, 1.54) is 12.1 Å². The average Bonchev–Trinajstić information content (AvgIpc) is 2.29. The van der Waals surface area contributed by atoms with Gasteiger partial charge in [0, 0.05) is 30.7 Å². The number of hydrogen-bond acceptors (Lipinski definition) is 3. The van der Waals surface area contributed by atoms with Gasteiger partial charge < -0.3 is 5.73 Å². The molecule has 0 heterocycles. The van der Waals surface area contributed by atoms with Crippen LogP contribution in [0.4, 0.5) is 11.4 Å². The predicted molar refractivity (Wildman–Crippen MR) is 66.5 cm³/mol. The Morgan fingerprint density at radius 3 is 2.35 bits per heavy atom. The van der Waals surface area contributed by atoms with E-state index in [4.69, 9.17) is 5.73 Å². The van der Waals surface area contributed by atoms with E-state index in [1.807, 2.05) is 30.7 Å². The van der Waals surface area contributed by atoms with Crippen LogP contribution in [0.2, 0.25) is 0 Å². The van der Waals surface area contributed by atoms with Gasteiger partial charge in [0.05, 0.1) is 27.8 Å². The molecule has 0 aliphatic carbocycles. The van der Waals surface area contributed by atoms with Gasteiger partial charge in [-0.15, -0.1) is 0 Å². The minimum absolute atomic E-state index is 0.0858. The molecule has 2 N–H and O–H groups in total. The maximum atomic E-state index is 10.6. The number of non-ortho nitro benzene ring substituents is 1. The van der Waals surface area contributed by atoms with E-state index in [1.54, 1.807) is 12.1 Å². The zero-order valence-electron chi connectivity index (χ0n) is 9.04. The van der Waals surface area contributed by atoms with Crippen LogP contribution >= 0.6 is 0 Å². The lowest BCUT2D eigenvalue weighted by Gasteiger charge is -1.96. The molecule has 0 spiro atoms. The summed E-state index contributed by atoms with van der Waals surface area (Å²) >= 11 is 0. The Hall–Kier alpha value is -2.49. The standard InChI is InChI=1S/C13H11N2O2/c14-12-5-1-3-10(8-12)7-11-4-2-6-13(9-11)15(16)17/h1-9H,14H2/q+1. The number of benzene rings is 2. The molecular formula is C13H11N2O2+. The highest BCUT2D eigenvalue weighted by atomic mass is 16.6.